The van der Waals surface area contributed by atoms with E-state index in [2.05, 4.69) is 48.7 Å². The Balaban J connectivity index is 2.53. The average molecular weight is 276 g/mol. The first-order chi connectivity index (χ1) is 9.43. The number of hydrogen-bond donors (Lipinski definition) is 2. The first-order valence-electron chi connectivity index (χ1n) is 7.56. The van der Waals surface area contributed by atoms with Gasteiger partial charge in [-0.05, 0) is 37.4 Å². The van der Waals surface area contributed by atoms with Crippen LogP contribution in [0.2, 0.25) is 0 Å². The summed E-state index contributed by atoms with van der Waals surface area (Å²) in [5.41, 5.74) is 2.48. The van der Waals surface area contributed by atoms with Crippen LogP contribution in [0.1, 0.15) is 64.1 Å². The zero-order chi connectivity index (χ0) is 15.1. The van der Waals surface area contributed by atoms with Crippen LogP contribution >= 0.6 is 0 Å². The van der Waals surface area contributed by atoms with E-state index in [1.165, 1.54) is 5.56 Å². The van der Waals surface area contributed by atoms with E-state index in [0.29, 0.717) is 12.3 Å². The Labute approximate surface area is 123 Å². The highest BCUT2D eigenvalue weighted by molar-refractivity contribution is 5.77. The molecule has 0 fully saturated rings. The van der Waals surface area contributed by atoms with Crippen molar-refractivity contribution in [3.63, 3.8) is 0 Å². The summed E-state index contributed by atoms with van der Waals surface area (Å²) >= 11 is 0. The second kappa shape index (κ2) is 8.05. The molecule has 0 aliphatic carbocycles. The summed E-state index contributed by atoms with van der Waals surface area (Å²) in [5, 5.41) is 6.30. The molecule has 0 heterocycles. The number of rotatable bonds is 7. The Morgan fingerprint density at radius 1 is 1.05 bits per heavy atom. The van der Waals surface area contributed by atoms with E-state index < -0.39 is 0 Å². The van der Waals surface area contributed by atoms with E-state index in [1.807, 2.05) is 20.8 Å². The van der Waals surface area contributed by atoms with Gasteiger partial charge in [0.1, 0.15) is 0 Å². The third-order valence-corrected chi connectivity index (χ3v) is 3.52. The van der Waals surface area contributed by atoms with Gasteiger partial charge < -0.3 is 10.6 Å². The van der Waals surface area contributed by atoms with Crippen LogP contribution in [0.3, 0.4) is 0 Å². The van der Waals surface area contributed by atoms with Crippen molar-refractivity contribution >= 4 is 5.91 Å². The molecular weight excluding hydrogens is 248 g/mol. The summed E-state index contributed by atoms with van der Waals surface area (Å²) in [6, 6.07) is 8.77. The van der Waals surface area contributed by atoms with Crippen molar-refractivity contribution in [1.82, 2.24) is 10.6 Å². The second-order valence-electron chi connectivity index (χ2n) is 5.77. The molecule has 0 aliphatic heterocycles. The van der Waals surface area contributed by atoms with Gasteiger partial charge in [-0.15, -0.1) is 0 Å². The standard InChI is InChI=1S/C17H28N2O/c1-6-18-13(4)11-17(20)19-14(5)16-9-7-15(8-10-16)12(2)3/h7-10,12-14,18H,6,11H2,1-5H3,(H,19,20). The molecule has 0 spiro atoms. The van der Waals surface area contributed by atoms with Gasteiger partial charge in [-0.3, -0.25) is 4.79 Å². The van der Waals surface area contributed by atoms with Crippen LogP contribution in [0.15, 0.2) is 24.3 Å². The number of carbonyl (C=O) groups excluding carboxylic acids is 1. The Kier molecular flexibility index (Phi) is 6.73. The summed E-state index contributed by atoms with van der Waals surface area (Å²) in [6.07, 6.45) is 0.516. The Morgan fingerprint density at radius 3 is 2.10 bits per heavy atom. The first kappa shape index (κ1) is 16.7. The Bertz CT molecular complexity index is 412. The molecule has 3 heteroatoms. The molecule has 20 heavy (non-hydrogen) atoms. The number of hydrogen-bond acceptors (Lipinski definition) is 2. The predicted octanol–water partition coefficient (Wildman–Crippen LogP) is 3.38. The molecule has 0 saturated heterocycles. The van der Waals surface area contributed by atoms with Crippen molar-refractivity contribution in [1.29, 1.82) is 0 Å². The highest BCUT2D eigenvalue weighted by atomic mass is 16.1. The third kappa shape index (κ3) is 5.33. The molecule has 0 saturated carbocycles. The molecule has 1 aromatic carbocycles. The second-order valence-corrected chi connectivity index (χ2v) is 5.77. The minimum Gasteiger partial charge on any atom is -0.350 e. The highest BCUT2D eigenvalue weighted by Gasteiger charge is 2.12. The van der Waals surface area contributed by atoms with Crippen LogP contribution in [-0.4, -0.2) is 18.5 Å². The number of benzene rings is 1. The van der Waals surface area contributed by atoms with Crippen LogP contribution in [0.4, 0.5) is 0 Å². The van der Waals surface area contributed by atoms with E-state index in [4.69, 9.17) is 0 Å². The van der Waals surface area contributed by atoms with Gasteiger partial charge in [0, 0.05) is 12.5 Å². The van der Waals surface area contributed by atoms with E-state index in [-0.39, 0.29) is 18.0 Å². The topological polar surface area (TPSA) is 41.1 Å². The van der Waals surface area contributed by atoms with E-state index in [0.717, 1.165) is 12.1 Å². The number of nitrogens with one attached hydrogen (secondary N) is 2. The molecule has 2 atom stereocenters. The molecule has 1 amide bonds. The van der Waals surface area contributed by atoms with Crippen molar-refractivity contribution in [3.05, 3.63) is 35.4 Å². The summed E-state index contributed by atoms with van der Waals surface area (Å²) in [6.45, 7) is 11.4. The Morgan fingerprint density at radius 2 is 1.60 bits per heavy atom. The minimum absolute atomic E-state index is 0.0533. The molecule has 0 radical (unpaired) electrons. The molecular formula is C17H28N2O. The van der Waals surface area contributed by atoms with Crippen molar-refractivity contribution < 1.29 is 4.79 Å². The molecule has 0 aromatic heterocycles. The number of carbonyl (C=O) groups is 1. The lowest BCUT2D eigenvalue weighted by molar-refractivity contribution is -0.122. The zero-order valence-corrected chi connectivity index (χ0v) is 13.4. The molecule has 0 bridgehead atoms. The summed E-state index contributed by atoms with van der Waals surface area (Å²) in [5.74, 6) is 0.633. The lowest BCUT2D eigenvalue weighted by Crippen LogP contribution is -2.34. The van der Waals surface area contributed by atoms with Crippen molar-refractivity contribution in [2.24, 2.45) is 0 Å². The van der Waals surface area contributed by atoms with Gasteiger partial charge in [0.15, 0.2) is 0 Å². The van der Waals surface area contributed by atoms with E-state index >= 15 is 0 Å². The average Bonchev–Trinajstić information content (AvgIpc) is 2.38. The maximum Gasteiger partial charge on any atom is 0.222 e. The van der Waals surface area contributed by atoms with Crippen molar-refractivity contribution in [3.8, 4) is 0 Å². The maximum absolute atomic E-state index is 11.9. The van der Waals surface area contributed by atoms with Gasteiger partial charge in [0.2, 0.25) is 5.91 Å². The van der Waals surface area contributed by atoms with Gasteiger partial charge in [0.25, 0.3) is 0 Å². The van der Waals surface area contributed by atoms with Crippen molar-refractivity contribution in [2.45, 2.75) is 59.0 Å². The SMILES string of the molecule is CCNC(C)CC(=O)NC(C)c1ccc(C(C)C)cc1. The van der Waals surface area contributed by atoms with E-state index in [9.17, 15) is 4.79 Å². The molecule has 1 aromatic rings. The summed E-state index contributed by atoms with van der Waals surface area (Å²) in [4.78, 5) is 11.9. The van der Waals surface area contributed by atoms with Gasteiger partial charge in [-0.1, -0.05) is 45.0 Å². The van der Waals surface area contributed by atoms with Crippen LogP contribution < -0.4 is 10.6 Å². The summed E-state index contributed by atoms with van der Waals surface area (Å²) < 4.78 is 0. The quantitative estimate of drug-likeness (QED) is 0.801. The van der Waals surface area contributed by atoms with Gasteiger partial charge in [-0.25, -0.2) is 0 Å². The zero-order valence-electron chi connectivity index (χ0n) is 13.4. The molecule has 1 rings (SSSR count). The minimum atomic E-state index is 0.0533. The molecule has 2 N–H and O–H groups in total. The van der Waals surface area contributed by atoms with E-state index in [1.54, 1.807) is 0 Å². The van der Waals surface area contributed by atoms with Crippen LogP contribution in [0, 0.1) is 0 Å². The maximum atomic E-state index is 11.9. The van der Waals surface area contributed by atoms with Gasteiger partial charge >= 0.3 is 0 Å². The van der Waals surface area contributed by atoms with Gasteiger partial charge in [-0.2, -0.15) is 0 Å². The fraction of sp³-hybridized carbons (Fsp3) is 0.588. The predicted molar refractivity (Wildman–Crippen MR) is 84.8 cm³/mol. The summed E-state index contributed by atoms with van der Waals surface area (Å²) in [7, 11) is 0. The third-order valence-electron chi connectivity index (χ3n) is 3.52. The molecule has 112 valence electrons. The van der Waals surface area contributed by atoms with Crippen molar-refractivity contribution in [2.75, 3.05) is 6.54 Å². The molecule has 0 aliphatic rings. The largest absolute Gasteiger partial charge is 0.350 e. The Hall–Kier alpha value is -1.35. The van der Waals surface area contributed by atoms with Crippen LogP contribution in [0.25, 0.3) is 0 Å². The lowest BCUT2D eigenvalue weighted by Gasteiger charge is -2.17. The van der Waals surface area contributed by atoms with Crippen LogP contribution in [-0.2, 0) is 4.79 Å². The lowest BCUT2D eigenvalue weighted by atomic mass is 9.99. The number of amides is 1. The monoisotopic (exact) mass is 276 g/mol. The fourth-order valence-corrected chi connectivity index (χ4v) is 2.25. The highest BCUT2D eigenvalue weighted by Crippen LogP contribution is 2.18. The van der Waals surface area contributed by atoms with Crippen LogP contribution in [0.5, 0.6) is 0 Å². The fourth-order valence-electron chi connectivity index (χ4n) is 2.25. The molecule has 3 nitrogen and oxygen atoms in total. The first-order valence-corrected chi connectivity index (χ1v) is 7.56. The molecule has 2 unspecified atom stereocenters. The van der Waals surface area contributed by atoms with Gasteiger partial charge in [0.05, 0.1) is 6.04 Å². The normalized spacial score (nSPS) is 14.1. The smallest absolute Gasteiger partial charge is 0.222 e.